The third-order valence-electron chi connectivity index (χ3n) is 3.77. The van der Waals surface area contributed by atoms with Crippen LogP contribution in [0.3, 0.4) is 0 Å². The van der Waals surface area contributed by atoms with E-state index in [1.54, 1.807) is 35.9 Å². The number of rotatable bonds is 8. The molecule has 0 saturated heterocycles. The summed E-state index contributed by atoms with van der Waals surface area (Å²) in [4.78, 5) is 37.6. The molecule has 0 unspecified atom stereocenters. The molecular formula is C19H21FN2O4. The second-order valence-electron chi connectivity index (χ2n) is 5.98. The molecule has 138 valence electrons. The number of esters is 1. The number of carbonyl (C=O) groups excluding carboxylic acids is 3. The lowest BCUT2D eigenvalue weighted by Crippen LogP contribution is -2.22. The van der Waals surface area contributed by atoms with E-state index < -0.39 is 24.0 Å². The number of ketones is 2. The molecule has 0 amide bonds. The average molecular weight is 360 g/mol. The van der Waals surface area contributed by atoms with Crippen molar-refractivity contribution in [3.63, 3.8) is 0 Å². The minimum Gasteiger partial charge on any atom is -0.460 e. The molecule has 0 atom stereocenters. The highest BCUT2D eigenvalue weighted by Crippen LogP contribution is 2.20. The minimum absolute atomic E-state index is 0.0739. The van der Waals surface area contributed by atoms with Crippen molar-refractivity contribution in [2.24, 2.45) is 0 Å². The lowest BCUT2D eigenvalue weighted by molar-refractivity contribution is -0.153. The summed E-state index contributed by atoms with van der Waals surface area (Å²) in [5.74, 6) is -2.70. The fourth-order valence-electron chi connectivity index (χ4n) is 2.41. The van der Waals surface area contributed by atoms with Crippen molar-refractivity contribution in [3.05, 3.63) is 53.6 Å². The van der Waals surface area contributed by atoms with Gasteiger partial charge in [-0.3, -0.25) is 9.59 Å². The lowest BCUT2D eigenvalue weighted by Gasteiger charge is -2.09. The molecule has 0 spiro atoms. The first-order valence-corrected chi connectivity index (χ1v) is 8.17. The second kappa shape index (κ2) is 8.42. The first-order chi connectivity index (χ1) is 12.3. The van der Waals surface area contributed by atoms with Crippen molar-refractivity contribution in [2.45, 2.75) is 19.9 Å². The normalized spacial score (nSPS) is 10.5. The molecule has 0 fully saturated rings. The zero-order valence-corrected chi connectivity index (χ0v) is 15.0. The molecule has 7 heteroatoms. The Balaban J connectivity index is 2.25. The number of aromatic nitrogens is 1. The summed E-state index contributed by atoms with van der Waals surface area (Å²) in [6.45, 7) is 2.00. The molecule has 0 N–H and O–H groups in total. The maximum Gasteiger partial charge on any atom is 0.375 e. The van der Waals surface area contributed by atoms with Gasteiger partial charge in [-0.05, 0) is 30.7 Å². The molecule has 6 nitrogen and oxygen atoms in total. The molecule has 0 radical (unpaired) electrons. The first-order valence-electron chi connectivity index (χ1n) is 8.17. The van der Waals surface area contributed by atoms with Crippen LogP contribution in [0, 0.1) is 5.82 Å². The number of hydrogen-bond acceptors (Lipinski definition) is 5. The van der Waals surface area contributed by atoms with Crippen molar-refractivity contribution in [3.8, 4) is 0 Å². The SMILES string of the molecule is CCOC(=O)C(=O)CC(=O)c1cc(N(C)C)cn1Cc1ccc(F)cc1. The van der Waals surface area contributed by atoms with Crippen LogP contribution in [0.2, 0.25) is 0 Å². The number of carbonyl (C=O) groups is 3. The fraction of sp³-hybridized carbons (Fsp3) is 0.316. The Hall–Kier alpha value is -2.96. The zero-order valence-electron chi connectivity index (χ0n) is 15.0. The number of ether oxygens (including phenoxy) is 1. The summed E-state index contributed by atoms with van der Waals surface area (Å²) < 4.78 is 19.4. The Morgan fingerprint density at radius 1 is 1.15 bits per heavy atom. The molecule has 0 bridgehead atoms. The quantitative estimate of drug-likeness (QED) is 0.313. The van der Waals surface area contributed by atoms with Gasteiger partial charge >= 0.3 is 5.97 Å². The van der Waals surface area contributed by atoms with Gasteiger partial charge in [-0.15, -0.1) is 0 Å². The monoisotopic (exact) mass is 360 g/mol. The summed E-state index contributed by atoms with van der Waals surface area (Å²) in [5, 5.41) is 0. The largest absolute Gasteiger partial charge is 0.460 e. The number of anilines is 1. The van der Waals surface area contributed by atoms with E-state index in [1.165, 1.54) is 12.1 Å². The summed E-state index contributed by atoms with van der Waals surface area (Å²) in [5.41, 5.74) is 1.88. The predicted molar refractivity (Wildman–Crippen MR) is 94.8 cm³/mol. The Labute approximate surface area is 151 Å². The first kappa shape index (κ1) is 19.4. The zero-order chi connectivity index (χ0) is 19.3. The van der Waals surface area contributed by atoms with E-state index in [0.29, 0.717) is 12.2 Å². The maximum atomic E-state index is 13.1. The van der Waals surface area contributed by atoms with Crippen LogP contribution in [-0.4, -0.2) is 42.8 Å². The van der Waals surface area contributed by atoms with Crippen LogP contribution in [0.5, 0.6) is 0 Å². The summed E-state index contributed by atoms with van der Waals surface area (Å²) >= 11 is 0. The van der Waals surface area contributed by atoms with Gasteiger partial charge in [0.1, 0.15) is 5.82 Å². The van der Waals surface area contributed by atoms with Crippen LogP contribution in [0.4, 0.5) is 10.1 Å². The standard InChI is InChI=1S/C19H21FN2O4/c1-4-26-19(25)18(24)10-17(23)16-9-15(21(2)3)12-22(16)11-13-5-7-14(20)8-6-13/h5-9,12H,4,10-11H2,1-3H3. The number of nitrogens with zero attached hydrogens (tertiary/aromatic N) is 2. The molecule has 0 saturated carbocycles. The third-order valence-corrected chi connectivity index (χ3v) is 3.77. The van der Waals surface area contributed by atoms with Gasteiger partial charge in [-0.1, -0.05) is 12.1 Å². The van der Waals surface area contributed by atoms with Gasteiger partial charge in [0.05, 0.1) is 24.4 Å². The smallest absolute Gasteiger partial charge is 0.375 e. The Morgan fingerprint density at radius 3 is 2.38 bits per heavy atom. The van der Waals surface area contributed by atoms with Gasteiger partial charge in [0, 0.05) is 26.8 Å². The molecule has 0 aliphatic heterocycles. The van der Waals surface area contributed by atoms with E-state index in [2.05, 4.69) is 4.74 Å². The van der Waals surface area contributed by atoms with Gasteiger partial charge < -0.3 is 14.2 Å². The molecule has 0 aliphatic rings. The predicted octanol–water partition coefficient (Wildman–Crippen LogP) is 2.45. The van der Waals surface area contributed by atoms with Crippen LogP contribution in [0.25, 0.3) is 0 Å². The van der Waals surface area contributed by atoms with Crippen molar-refractivity contribution < 1.29 is 23.5 Å². The molecule has 1 aromatic heterocycles. The van der Waals surface area contributed by atoms with Gasteiger partial charge in [0.25, 0.3) is 0 Å². The average Bonchev–Trinajstić information content (AvgIpc) is 3.01. The minimum atomic E-state index is -1.01. The maximum absolute atomic E-state index is 13.1. The van der Waals surface area contributed by atoms with Gasteiger partial charge in [-0.2, -0.15) is 0 Å². The molecule has 26 heavy (non-hydrogen) atoms. The summed E-state index contributed by atoms with van der Waals surface area (Å²) in [6, 6.07) is 7.60. The van der Waals surface area contributed by atoms with E-state index in [-0.39, 0.29) is 12.4 Å². The van der Waals surface area contributed by atoms with Crippen LogP contribution in [-0.2, 0) is 20.9 Å². The van der Waals surface area contributed by atoms with E-state index in [4.69, 9.17) is 0 Å². The number of hydrogen-bond donors (Lipinski definition) is 0. The van der Waals surface area contributed by atoms with Crippen molar-refractivity contribution in [1.29, 1.82) is 0 Å². The summed E-state index contributed by atoms with van der Waals surface area (Å²) in [6.07, 6.45) is 1.21. The lowest BCUT2D eigenvalue weighted by atomic mass is 10.1. The molecule has 1 aromatic carbocycles. The van der Waals surface area contributed by atoms with Crippen LogP contribution in [0.15, 0.2) is 36.5 Å². The van der Waals surface area contributed by atoms with E-state index >= 15 is 0 Å². The second-order valence-corrected chi connectivity index (χ2v) is 5.98. The Morgan fingerprint density at radius 2 is 1.81 bits per heavy atom. The summed E-state index contributed by atoms with van der Waals surface area (Å²) in [7, 11) is 3.66. The topological polar surface area (TPSA) is 68.6 Å². The van der Waals surface area contributed by atoms with Crippen molar-refractivity contribution in [1.82, 2.24) is 4.57 Å². The Kier molecular flexibility index (Phi) is 6.27. The number of Topliss-reactive ketones (excluding diaryl/α,β-unsaturated/α-hetero) is 2. The molecule has 0 aliphatic carbocycles. The Bertz CT molecular complexity index is 809. The van der Waals surface area contributed by atoms with Crippen LogP contribution >= 0.6 is 0 Å². The number of halogens is 1. The third kappa shape index (κ3) is 4.78. The highest BCUT2D eigenvalue weighted by Gasteiger charge is 2.23. The molecular weight excluding hydrogens is 339 g/mol. The van der Waals surface area contributed by atoms with E-state index in [1.807, 2.05) is 19.0 Å². The van der Waals surface area contributed by atoms with Gasteiger partial charge in [-0.25, -0.2) is 9.18 Å². The van der Waals surface area contributed by atoms with Crippen LogP contribution in [0.1, 0.15) is 29.4 Å². The van der Waals surface area contributed by atoms with Crippen molar-refractivity contribution >= 4 is 23.2 Å². The fourth-order valence-corrected chi connectivity index (χ4v) is 2.41. The van der Waals surface area contributed by atoms with Crippen LogP contribution < -0.4 is 4.90 Å². The number of benzene rings is 1. The highest BCUT2D eigenvalue weighted by molar-refractivity contribution is 6.38. The highest BCUT2D eigenvalue weighted by atomic mass is 19.1. The molecule has 1 heterocycles. The molecule has 2 aromatic rings. The molecule has 2 rings (SSSR count). The van der Waals surface area contributed by atoms with E-state index in [9.17, 15) is 18.8 Å². The van der Waals surface area contributed by atoms with Crippen molar-refractivity contribution in [2.75, 3.05) is 25.6 Å². The van der Waals surface area contributed by atoms with Gasteiger partial charge in [0.2, 0.25) is 5.78 Å². The van der Waals surface area contributed by atoms with Gasteiger partial charge in [0.15, 0.2) is 5.78 Å². The van der Waals surface area contributed by atoms with E-state index in [0.717, 1.165) is 11.3 Å².